The van der Waals surface area contributed by atoms with Crippen molar-refractivity contribution >= 4 is 11.7 Å². The third-order valence-corrected chi connectivity index (χ3v) is 3.95. The number of ether oxygens (including phenoxy) is 1. The van der Waals surface area contributed by atoms with E-state index in [1.165, 1.54) is 43.4 Å². The summed E-state index contributed by atoms with van der Waals surface area (Å²) in [5.74, 6) is 0.595. The summed E-state index contributed by atoms with van der Waals surface area (Å²) in [4.78, 5) is 21.9. The molecule has 2 unspecified atom stereocenters. The predicted octanol–water partition coefficient (Wildman–Crippen LogP) is 5.12. The summed E-state index contributed by atoms with van der Waals surface area (Å²) >= 11 is 0. The number of non-ortho nitro benzene ring substituents is 1. The van der Waals surface area contributed by atoms with Gasteiger partial charge in [0.2, 0.25) is 0 Å². The average molecular weight is 319 g/mol. The van der Waals surface area contributed by atoms with E-state index in [1.54, 1.807) is 0 Å². The number of hydrogen-bond donors (Lipinski definition) is 0. The highest BCUT2D eigenvalue weighted by molar-refractivity contribution is 5.90. The van der Waals surface area contributed by atoms with Crippen LogP contribution >= 0.6 is 0 Å². The Bertz CT molecular complexity index is 536. The van der Waals surface area contributed by atoms with E-state index in [1.807, 2.05) is 6.08 Å². The van der Waals surface area contributed by atoms with Gasteiger partial charge in [-0.3, -0.25) is 10.1 Å². The second-order valence-electron chi connectivity index (χ2n) is 5.96. The maximum Gasteiger partial charge on any atom is 0.342 e. The molecule has 1 rings (SSSR count). The second kappa shape index (κ2) is 9.77. The summed E-state index contributed by atoms with van der Waals surface area (Å²) in [5.41, 5.74) is 0.247. The van der Waals surface area contributed by atoms with E-state index < -0.39 is 10.9 Å². The zero-order valence-electron chi connectivity index (χ0n) is 14.0. The lowest BCUT2D eigenvalue weighted by Gasteiger charge is -2.09. The van der Waals surface area contributed by atoms with Crippen molar-refractivity contribution in [1.29, 1.82) is 0 Å². The van der Waals surface area contributed by atoms with Crippen molar-refractivity contribution in [2.24, 2.45) is 11.8 Å². The van der Waals surface area contributed by atoms with Gasteiger partial charge in [0, 0.05) is 12.1 Å². The van der Waals surface area contributed by atoms with Gasteiger partial charge in [0.1, 0.15) is 0 Å². The van der Waals surface area contributed by atoms with Gasteiger partial charge >= 0.3 is 5.97 Å². The van der Waals surface area contributed by atoms with E-state index in [-0.39, 0.29) is 5.69 Å². The van der Waals surface area contributed by atoms with Gasteiger partial charge in [0.05, 0.1) is 16.7 Å². The average Bonchev–Trinajstić information content (AvgIpc) is 2.54. The quantitative estimate of drug-likeness (QED) is 0.274. The van der Waals surface area contributed by atoms with E-state index in [0.29, 0.717) is 11.5 Å². The highest BCUT2D eigenvalue weighted by Crippen LogP contribution is 2.16. The Hall–Kier alpha value is -2.17. The lowest BCUT2D eigenvalue weighted by molar-refractivity contribution is -0.384. The number of carbonyl (C=O) groups is 1. The standard InChI is InChI=1S/C18H25NO4/c1-4-14(2)6-5-7-15(3)12-13-23-18(20)16-8-10-17(11-9-16)19(21)22/h8-15H,4-7H2,1-3H3. The first-order chi connectivity index (χ1) is 10.9. The lowest BCUT2D eigenvalue weighted by atomic mass is 9.97. The first-order valence-electron chi connectivity index (χ1n) is 8.06. The first-order valence-corrected chi connectivity index (χ1v) is 8.06. The molecule has 0 saturated heterocycles. The fraction of sp³-hybridized carbons (Fsp3) is 0.500. The minimum absolute atomic E-state index is 0.0491. The maximum atomic E-state index is 11.8. The third-order valence-electron chi connectivity index (χ3n) is 3.95. The zero-order chi connectivity index (χ0) is 17.2. The van der Waals surface area contributed by atoms with Crippen molar-refractivity contribution in [3.05, 3.63) is 52.3 Å². The van der Waals surface area contributed by atoms with Gasteiger partial charge in [-0.2, -0.15) is 0 Å². The highest BCUT2D eigenvalue weighted by atomic mass is 16.6. The van der Waals surface area contributed by atoms with Crippen LogP contribution in [-0.4, -0.2) is 10.9 Å². The van der Waals surface area contributed by atoms with Gasteiger partial charge in [0.15, 0.2) is 0 Å². The summed E-state index contributed by atoms with van der Waals surface area (Å²) in [7, 11) is 0. The summed E-state index contributed by atoms with van der Waals surface area (Å²) in [5, 5.41) is 10.6. The Morgan fingerprint density at radius 3 is 2.48 bits per heavy atom. The molecule has 0 bridgehead atoms. The van der Waals surface area contributed by atoms with Gasteiger partial charge in [-0.1, -0.05) is 40.0 Å². The Morgan fingerprint density at radius 2 is 1.91 bits per heavy atom. The SMILES string of the molecule is CCC(C)CCCC(C)C=COC(=O)c1ccc([N+](=O)[O-])cc1. The maximum absolute atomic E-state index is 11.8. The molecule has 0 N–H and O–H groups in total. The Morgan fingerprint density at radius 1 is 1.26 bits per heavy atom. The molecule has 0 heterocycles. The molecule has 0 fully saturated rings. The molecular weight excluding hydrogens is 294 g/mol. The molecular formula is C18H25NO4. The summed E-state index contributed by atoms with van der Waals surface area (Å²) in [6, 6.07) is 5.36. The lowest BCUT2D eigenvalue weighted by Crippen LogP contribution is -2.01. The topological polar surface area (TPSA) is 69.4 Å². The monoisotopic (exact) mass is 319 g/mol. The number of allylic oxidation sites excluding steroid dienone is 1. The van der Waals surface area contributed by atoms with Crippen LogP contribution in [0.3, 0.4) is 0 Å². The Kier molecular flexibility index (Phi) is 8.02. The number of carbonyl (C=O) groups excluding carboxylic acids is 1. The molecule has 1 aromatic rings. The minimum Gasteiger partial charge on any atom is -0.431 e. The predicted molar refractivity (Wildman–Crippen MR) is 90.1 cm³/mol. The normalized spacial score (nSPS) is 13.7. The summed E-state index contributed by atoms with van der Waals surface area (Å²) < 4.78 is 5.06. The van der Waals surface area contributed by atoms with Crippen LogP contribution in [0.25, 0.3) is 0 Å². The molecule has 0 radical (unpaired) electrons. The first kappa shape index (κ1) is 18.9. The number of benzene rings is 1. The third kappa shape index (κ3) is 7.08. The van der Waals surface area contributed by atoms with Gasteiger partial charge in [-0.05, 0) is 36.5 Å². The van der Waals surface area contributed by atoms with Crippen LogP contribution < -0.4 is 0 Å². The van der Waals surface area contributed by atoms with Crippen LogP contribution in [0, 0.1) is 22.0 Å². The van der Waals surface area contributed by atoms with Gasteiger partial charge in [0.25, 0.3) is 5.69 Å². The van der Waals surface area contributed by atoms with Crippen molar-refractivity contribution in [3.8, 4) is 0 Å². The minimum atomic E-state index is -0.511. The van der Waals surface area contributed by atoms with Crippen LogP contribution in [0.4, 0.5) is 5.69 Å². The molecule has 0 aliphatic carbocycles. The number of hydrogen-bond acceptors (Lipinski definition) is 4. The molecule has 126 valence electrons. The van der Waals surface area contributed by atoms with E-state index in [4.69, 9.17) is 4.74 Å². The van der Waals surface area contributed by atoms with Gasteiger partial charge in [-0.25, -0.2) is 4.79 Å². The molecule has 0 saturated carbocycles. The molecule has 5 heteroatoms. The van der Waals surface area contributed by atoms with Crippen molar-refractivity contribution in [1.82, 2.24) is 0 Å². The highest BCUT2D eigenvalue weighted by Gasteiger charge is 2.09. The van der Waals surface area contributed by atoms with Crippen molar-refractivity contribution in [2.45, 2.75) is 46.5 Å². The fourth-order valence-electron chi connectivity index (χ4n) is 2.11. The number of rotatable bonds is 9. The van der Waals surface area contributed by atoms with Crippen LogP contribution in [0.2, 0.25) is 0 Å². The number of nitro benzene ring substituents is 1. The molecule has 2 atom stereocenters. The molecule has 1 aromatic carbocycles. The van der Waals surface area contributed by atoms with Crippen LogP contribution in [-0.2, 0) is 4.74 Å². The van der Waals surface area contributed by atoms with Crippen molar-refractivity contribution in [2.75, 3.05) is 0 Å². The van der Waals surface area contributed by atoms with Crippen LogP contribution in [0.5, 0.6) is 0 Å². The van der Waals surface area contributed by atoms with E-state index in [9.17, 15) is 14.9 Å². The number of nitro groups is 1. The molecule has 5 nitrogen and oxygen atoms in total. The summed E-state index contributed by atoms with van der Waals surface area (Å²) in [6.45, 7) is 6.55. The smallest absolute Gasteiger partial charge is 0.342 e. The van der Waals surface area contributed by atoms with Crippen LogP contribution in [0.1, 0.15) is 56.8 Å². The largest absolute Gasteiger partial charge is 0.431 e. The molecule has 0 aliphatic rings. The van der Waals surface area contributed by atoms with Crippen LogP contribution in [0.15, 0.2) is 36.6 Å². The molecule has 0 spiro atoms. The summed E-state index contributed by atoms with van der Waals surface area (Å²) in [6.07, 6.45) is 7.94. The second-order valence-corrected chi connectivity index (χ2v) is 5.96. The Balaban J connectivity index is 2.38. The number of nitrogens with zero attached hydrogens (tertiary/aromatic N) is 1. The zero-order valence-corrected chi connectivity index (χ0v) is 14.0. The molecule has 0 aliphatic heterocycles. The van der Waals surface area contributed by atoms with E-state index >= 15 is 0 Å². The van der Waals surface area contributed by atoms with E-state index in [0.717, 1.165) is 18.8 Å². The van der Waals surface area contributed by atoms with Gasteiger partial charge < -0.3 is 4.74 Å². The molecule has 23 heavy (non-hydrogen) atoms. The molecule has 0 amide bonds. The number of esters is 1. The Labute approximate surface area is 137 Å². The van der Waals surface area contributed by atoms with Crippen molar-refractivity contribution < 1.29 is 14.5 Å². The van der Waals surface area contributed by atoms with Gasteiger partial charge in [-0.15, -0.1) is 0 Å². The molecule has 0 aromatic heterocycles. The van der Waals surface area contributed by atoms with E-state index in [2.05, 4.69) is 20.8 Å². The fourth-order valence-corrected chi connectivity index (χ4v) is 2.11. The van der Waals surface area contributed by atoms with Crippen molar-refractivity contribution in [3.63, 3.8) is 0 Å².